The third kappa shape index (κ3) is 9.95. The standard InChI is InChI=1S/C52H63N7O7/c1-51(2,37-11-16-40(17-12-37)57-25-23-36-30-54-50(55-44(36)31-57)58-32-52(33-58)34-65-35-52)38-13-18-41(19-14-38)66-28-9-6-4-3-5-8-26-64-27-10-7-24-53-39-15-20-42-43(29-39)49(63)59(48(42)62)45-21-22-46(60)56-47(45)61/h11-20,29-30,45,53H,3-10,21-28,31-35H2,1-2H3,(H,56,60,61). The number of hydrogen-bond donors (Lipinski definition) is 2. The Morgan fingerprint density at radius 3 is 2.18 bits per heavy atom. The van der Waals surface area contributed by atoms with Crippen molar-refractivity contribution >= 4 is 41.0 Å². The lowest BCUT2D eigenvalue weighted by molar-refractivity contribution is -0.136. The molecule has 3 aromatic carbocycles. The van der Waals surface area contributed by atoms with Crippen molar-refractivity contribution in [3.8, 4) is 5.75 Å². The van der Waals surface area contributed by atoms with Gasteiger partial charge in [-0.15, -0.1) is 0 Å². The molecule has 9 rings (SSSR count). The molecule has 3 saturated heterocycles. The van der Waals surface area contributed by atoms with E-state index in [1.165, 1.54) is 35.2 Å². The summed E-state index contributed by atoms with van der Waals surface area (Å²) in [6, 6.07) is 21.8. The topological polar surface area (TPSA) is 156 Å². The highest BCUT2D eigenvalue weighted by atomic mass is 16.5. The van der Waals surface area contributed by atoms with Gasteiger partial charge in [-0.1, -0.05) is 63.8 Å². The van der Waals surface area contributed by atoms with Crippen molar-refractivity contribution in [3.05, 3.63) is 106 Å². The minimum Gasteiger partial charge on any atom is -0.494 e. The zero-order valence-corrected chi connectivity index (χ0v) is 38.4. The smallest absolute Gasteiger partial charge is 0.262 e. The van der Waals surface area contributed by atoms with E-state index in [1.807, 2.05) is 6.20 Å². The monoisotopic (exact) mass is 897 g/mol. The van der Waals surface area contributed by atoms with Gasteiger partial charge in [-0.05, 0) is 97.7 Å². The maximum atomic E-state index is 13.1. The normalized spacial score (nSPS) is 18.8. The molecule has 1 unspecified atom stereocenters. The predicted octanol–water partition coefficient (Wildman–Crippen LogP) is 7.23. The molecule has 348 valence electrons. The lowest BCUT2D eigenvalue weighted by Crippen LogP contribution is -2.66. The minimum absolute atomic E-state index is 0.0959. The van der Waals surface area contributed by atoms with E-state index in [4.69, 9.17) is 24.2 Å². The molecule has 0 aliphatic carbocycles. The third-order valence-corrected chi connectivity index (χ3v) is 14.1. The van der Waals surface area contributed by atoms with Gasteiger partial charge in [0.2, 0.25) is 17.8 Å². The number of unbranched alkanes of at least 4 members (excludes halogenated alkanes) is 6. The third-order valence-electron chi connectivity index (χ3n) is 14.1. The SMILES string of the molecule is CC(C)(c1ccc(OCCCCCCCCOCCCCNc2ccc3c(c2)C(=O)N(C2CCC(=O)NC2=O)C3=O)cc1)c1ccc(N2CCc3cnc(N4CC5(COC5)C4)nc3C2)cc1. The summed E-state index contributed by atoms with van der Waals surface area (Å²) in [5.74, 6) is -0.230. The molecule has 1 aromatic heterocycles. The number of amides is 4. The first-order valence-electron chi connectivity index (χ1n) is 24.0. The zero-order chi connectivity index (χ0) is 45.7. The van der Waals surface area contributed by atoms with Gasteiger partial charge in [0, 0.05) is 68.8 Å². The lowest BCUT2D eigenvalue weighted by Gasteiger charge is -2.55. The van der Waals surface area contributed by atoms with Gasteiger partial charge in [0.25, 0.3) is 11.8 Å². The van der Waals surface area contributed by atoms with E-state index in [0.29, 0.717) is 18.6 Å². The number of ether oxygens (including phenoxy) is 3. The predicted molar refractivity (Wildman–Crippen MR) is 252 cm³/mol. The van der Waals surface area contributed by atoms with E-state index >= 15 is 0 Å². The maximum Gasteiger partial charge on any atom is 0.262 e. The van der Waals surface area contributed by atoms with E-state index in [1.54, 1.807) is 18.2 Å². The summed E-state index contributed by atoms with van der Waals surface area (Å²) in [6.45, 7) is 12.9. The van der Waals surface area contributed by atoms with E-state index in [9.17, 15) is 19.2 Å². The van der Waals surface area contributed by atoms with E-state index in [2.05, 4.69) is 82.8 Å². The Hall–Kier alpha value is -5.86. The first-order valence-corrected chi connectivity index (χ1v) is 24.0. The van der Waals surface area contributed by atoms with Gasteiger partial charge in [-0.3, -0.25) is 29.4 Å². The van der Waals surface area contributed by atoms with Crippen LogP contribution in [0.5, 0.6) is 5.75 Å². The molecule has 1 atom stereocenters. The van der Waals surface area contributed by atoms with Crippen LogP contribution in [0.3, 0.4) is 0 Å². The number of benzene rings is 3. The molecule has 4 amide bonds. The van der Waals surface area contributed by atoms with Gasteiger partial charge in [-0.2, -0.15) is 0 Å². The van der Waals surface area contributed by atoms with Crippen LogP contribution in [-0.2, 0) is 37.4 Å². The molecule has 5 aliphatic heterocycles. The van der Waals surface area contributed by atoms with Crippen molar-refractivity contribution in [1.29, 1.82) is 0 Å². The molecule has 0 bridgehead atoms. The molecular weight excluding hydrogens is 835 g/mol. The molecule has 1 spiro atoms. The number of carbonyl (C=O) groups excluding carboxylic acids is 4. The molecule has 66 heavy (non-hydrogen) atoms. The molecule has 0 radical (unpaired) electrons. The van der Waals surface area contributed by atoms with Crippen molar-refractivity contribution in [3.63, 3.8) is 0 Å². The average molecular weight is 898 g/mol. The van der Waals surface area contributed by atoms with E-state index in [-0.39, 0.29) is 29.4 Å². The highest BCUT2D eigenvalue weighted by molar-refractivity contribution is 6.23. The fourth-order valence-corrected chi connectivity index (χ4v) is 9.82. The Kier molecular flexibility index (Phi) is 13.7. The first kappa shape index (κ1) is 45.3. The van der Waals surface area contributed by atoms with Crippen LogP contribution in [0.25, 0.3) is 0 Å². The number of carbonyl (C=O) groups is 4. The molecule has 14 nitrogen and oxygen atoms in total. The number of nitrogens with zero attached hydrogens (tertiary/aromatic N) is 5. The second-order valence-electron chi connectivity index (χ2n) is 19.3. The van der Waals surface area contributed by atoms with Gasteiger partial charge in [-0.25, -0.2) is 9.97 Å². The van der Waals surface area contributed by atoms with Crippen LogP contribution in [0.4, 0.5) is 17.3 Å². The Labute approximate surface area is 387 Å². The zero-order valence-electron chi connectivity index (χ0n) is 38.4. The fraction of sp³-hybridized carbons (Fsp3) is 0.500. The maximum absolute atomic E-state index is 13.1. The Morgan fingerprint density at radius 2 is 1.47 bits per heavy atom. The molecule has 5 aliphatic rings. The summed E-state index contributed by atoms with van der Waals surface area (Å²) < 4.78 is 17.4. The lowest BCUT2D eigenvalue weighted by atomic mass is 9.78. The number of nitrogens with one attached hydrogen (secondary N) is 2. The van der Waals surface area contributed by atoms with E-state index in [0.717, 1.165) is 126 Å². The average Bonchev–Trinajstić information content (AvgIpc) is 3.54. The van der Waals surface area contributed by atoms with E-state index < -0.39 is 29.7 Å². The second kappa shape index (κ2) is 19.9. The summed E-state index contributed by atoms with van der Waals surface area (Å²) in [5.41, 5.74) is 7.65. The van der Waals surface area contributed by atoms with Gasteiger partial charge in [0.05, 0.1) is 48.6 Å². The quantitative estimate of drug-likeness (QED) is 0.0641. The molecule has 4 aromatic rings. The summed E-state index contributed by atoms with van der Waals surface area (Å²) in [7, 11) is 0. The number of rotatable bonds is 21. The van der Waals surface area contributed by atoms with Crippen molar-refractivity contribution < 1.29 is 33.4 Å². The summed E-state index contributed by atoms with van der Waals surface area (Å²) in [6.07, 6.45) is 11.8. The Morgan fingerprint density at radius 1 is 0.788 bits per heavy atom. The van der Waals surface area contributed by atoms with Crippen LogP contribution < -0.4 is 25.2 Å². The number of anilines is 3. The van der Waals surface area contributed by atoms with Crippen molar-refractivity contribution in [1.82, 2.24) is 20.2 Å². The fourth-order valence-electron chi connectivity index (χ4n) is 9.82. The summed E-state index contributed by atoms with van der Waals surface area (Å²) >= 11 is 0. The Balaban J connectivity index is 0.602. The molecular formula is C52H63N7O7. The Bertz CT molecular complexity index is 2390. The van der Waals surface area contributed by atoms with Gasteiger partial charge in [0.15, 0.2) is 0 Å². The molecule has 14 heteroatoms. The highest BCUT2D eigenvalue weighted by Crippen LogP contribution is 2.40. The van der Waals surface area contributed by atoms with Crippen molar-refractivity contribution in [2.45, 2.75) is 102 Å². The van der Waals surface area contributed by atoms with Crippen LogP contribution in [-0.4, -0.2) is 104 Å². The van der Waals surface area contributed by atoms with Crippen LogP contribution in [0.2, 0.25) is 0 Å². The number of imide groups is 2. The first-order chi connectivity index (χ1) is 32.1. The molecule has 6 heterocycles. The number of hydrogen-bond acceptors (Lipinski definition) is 12. The highest BCUT2D eigenvalue weighted by Gasteiger charge is 2.50. The van der Waals surface area contributed by atoms with Gasteiger partial charge < -0.3 is 29.3 Å². The van der Waals surface area contributed by atoms with Gasteiger partial charge in [0.1, 0.15) is 11.8 Å². The minimum atomic E-state index is -0.965. The van der Waals surface area contributed by atoms with Crippen LogP contribution in [0, 0.1) is 5.41 Å². The molecule has 0 saturated carbocycles. The van der Waals surface area contributed by atoms with Crippen LogP contribution in [0.1, 0.15) is 121 Å². The van der Waals surface area contributed by atoms with Crippen LogP contribution in [0.15, 0.2) is 72.9 Å². The summed E-state index contributed by atoms with van der Waals surface area (Å²) in [5, 5.41) is 5.55. The van der Waals surface area contributed by atoms with Crippen LogP contribution >= 0.6 is 0 Å². The number of aromatic nitrogens is 2. The number of fused-ring (bicyclic) bond motifs is 2. The van der Waals surface area contributed by atoms with Crippen molar-refractivity contribution in [2.24, 2.45) is 5.41 Å². The second-order valence-corrected chi connectivity index (χ2v) is 19.3. The largest absolute Gasteiger partial charge is 0.494 e. The molecule has 2 N–H and O–H groups in total. The van der Waals surface area contributed by atoms with Crippen molar-refractivity contribution in [2.75, 3.05) is 74.3 Å². The van der Waals surface area contributed by atoms with Gasteiger partial charge >= 0.3 is 0 Å². The number of piperidine rings is 1. The molecule has 3 fully saturated rings. The summed E-state index contributed by atoms with van der Waals surface area (Å²) in [4.78, 5) is 65.2.